The van der Waals surface area contributed by atoms with E-state index < -0.39 is 0 Å². The lowest BCUT2D eigenvalue weighted by atomic mass is 10.1. The number of halogens is 1. The summed E-state index contributed by atoms with van der Waals surface area (Å²) in [6.45, 7) is 1.95. The van der Waals surface area contributed by atoms with Crippen molar-refractivity contribution in [3.8, 4) is 16.5 Å². The summed E-state index contributed by atoms with van der Waals surface area (Å²) < 4.78 is 14.9. The van der Waals surface area contributed by atoms with E-state index in [-0.39, 0.29) is 5.82 Å². The van der Waals surface area contributed by atoms with Crippen LogP contribution in [0, 0.1) is 17.1 Å². The molecule has 0 unspecified atom stereocenters. The van der Waals surface area contributed by atoms with Gasteiger partial charge in [0, 0.05) is 34.9 Å². The SMILES string of the molecule is N#Cc1ccc(-c2ccc(NCc3ccc(F)cc3)cc2NCCn2cncn2)s1. The summed E-state index contributed by atoms with van der Waals surface area (Å²) in [5.41, 5.74) is 3.94. The zero-order valence-electron chi connectivity index (χ0n) is 16.0. The van der Waals surface area contributed by atoms with Crippen molar-refractivity contribution in [2.24, 2.45) is 0 Å². The van der Waals surface area contributed by atoms with Crippen molar-refractivity contribution >= 4 is 22.7 Å². The lowest BCUT2D eigenvalue weighted by Crippen LogP contribution is -2.11. The van der Waals surface area contributed by atoms with Crippen molar-refractivity contribution in [2.45, 2.75) is 13.1 Å². The molecule has 0 saturated carbocycles. The van der Waals surface area contributed by atoms with Crippen LogP contribution in [0.1, 0.15) is 10.4 Å². The Morgan fingerprint density at radius 2 is 1.93 bits per heavy atom. The lowest BCUT2D eigenvalue weighted by Gasteiger charge is -2.14. The number of nitrogens with one attached hydrogen (secondary N) is 2. The molecular weight excluding hydrogens is 399 g/mol. The van der Waals surface area contributed by atoms with Crippen LogP contribution in [0.3, 0.4) is 0 Å². The fourth-order valence-electron chi connectivity index (χ4n) is 3.02. The van der Waals surface area contributed by atoms with Gasteiger partial charge in [0.2, 0.25) is 0 Å². The topological polar surface area (TPSA) is 78.6 Å². The van der Waals surface area contributed by atoms with Crippen LogP contribution in [0.2, 0.25) is 0 Å². The maximum absolute atomic E-state index is 13.1. The molecule has 0 aliphatic heterocycles. The molecule has 0 fully saturated rings. The summed E-state index contributed by atoms with van der Waals surface area (Å²) in [5.74, 6) is -0.241. The molecule has 2 N–H and O–H groups in total. The van der Waals surface area contributed by atoms with Crippen molar-refractivity contribution in [3.05, 3.63) is 83.5 Å². The van der Waals surface area contributed by atoms with Gasteiger partial charge in [-0.05, 0) is 48.0 Å². The number of benzene rings is 2. The van der Waals surface area contributed by atoms with E-state index in [0.717, 1.165) is 27.4 Å². The van der Waals surface area contributed by atoms with Gasteiger partial charge in [-0.15, -0.1) is 11.3 Å². The van der Waals surface area contributed by atoms with Gasteiger partial charge in [0.05, 0.1) is 6.54 Å². The van der Waals surface area contributed by atoms with Crippen molar-refractivity contribution in [1.29, 1.82) is 5.26 Å². The molecule has 0 saturated heterocycles. The second-order valence-electron chi connectivity index (χ2n) is 6.60. The molecule has 0 spiro atoms. The minimum absolute atomic E-state index is 0.241. The molecule has 0 atom stereocenters. The van der Waals surface area contributed by atoms with Crippen molar-refractivity contribution in [3.63, 3.8) is 0 Å². The standard InChI is InChI=1S/C22H19FN6S/c23-17-3-1-16(2-4-17)13-27-18-5-7-20(22-8-6-19(12-24)30-22)21(11-18)26-9-10-29-15-25-14-28-29/h1-8,11,14-15,26-27H,9-10,13H2. The maximum Gasteiger partial charge on any atom is 0.137 e. The van der Waals surface area contributed by atoms with Crippen LogP contribution in [0.5, 0.6) is 0 Å². The molecule has 30 heavy (non-hydrogen) atoms. The Labute approximate surface area is 177 Å². The highest BCUT2D eigenvalue weighted by molar-refractivity contribution is 7.16. The summed E-state index contributed by atoms with van der Waals surface area (Å²) in [6.07, 6.45) is 3.20. The van der Waals surface area contributed by atoms with Crippen LogP contribution in [0.15, 0.2) is 67.3 Å². The number of hydrogen-bond donors (Lipinski definition) is 2. The molecule has 0 amide bonds. The Hall–Kier alpha value is -3.70. The van der Waals surface area contributed by atoms with E-state index in [1.807, 2.05) is 30.3 Å². The fraction of sp³-hybridized carbons (Fsp3) is 0.136. The quantitative estimate of drug-likeness (QED) is 0.432. The van der Waals surface area contributed by atoms with Gasteiger partial charge in [0.1, 0.15) is 29.4 Å². The fourth-order valence-corrected chi connectivity index (χ4v) is 3.86. The second-order valence-corrected chi connectivity index (χ2v) is 7.69. The van der Waals surface area contributed by atoms with Crippen molar-refractivity contribution < 1.29 is 4.39 Å². The van der Waals surface area contributed by atoms with Gasteiger partial charge in [0.15, 0.2) is 0 Å². The predicted octanol–water partition coefficient (Wildman–Crippen LogP) is 4.74. The first-order chi connectivity index (χ1) is 14.7. The Bertz CT molecular complexity index is 1150. The zero-order chi connectivity index (χ0) is 20.8. The smallest absolute Gasteiger partial charge is 0.137 e. The third-order valence-electron chi connectivity index (χ3n) is 4.53. The number of anilines is 2. The normalized spacial score (nSPS) is 10.5. The number of nitriles is 1. The summed E-state index contributed by atoms with van der Waals surface area (Å²) in [6, 6.07) is 18.5. The molecular formula is C22H19FN6S. The molecule has 4 aromatic rings. The molecule has 6 nitrogen and oxygen atoms in total. The third kappa shape index (κ3) is 4.82. The Morgan fingerprint density at radius 3 is 2.67 bits per heavy atom. The molecule has 0 aliphatic rings. The molecule has 0 radical (unpaired) electrons. The van der Waals surface area contributed by atoms with Gasteiger partial charge in [-0.2, -0.15) is 10.4 Å². The Balaban J connectivity index is 1.52. The monoisotopic (exact) mass is 418 g/mol. The van der Waals surface area contributed by atoms with E-state index in [9.17, 15) is 4.39 Å². The molecule has 2 aromatic carbocycles. The first kappa shape index (κ1) is 19.6. The van der Waals surface area contributed by atoms with Crippen LogP contribution in [-0.4, -0.2) is 21.3 Å². The molecule has 2 heterocycles. The van der Waals surface area contributed by atoms with Crippen LogP contribution in [0.25, 0.3) is 10.4 Å². The Kier molecular flexibility index (Phi) is 6.01. The van der Waals surface area contributed by atoms with Crippen LogP contribution >= 0.6 is 11.3 Å². The average molecular weight is 419 g/mol. The number of thiophene rings is 1. The average Bonchev–Trinajstić information content (AvgIpc) is 3.45. The molecule has 150 valence electrons. The summed E-state index contributed by atoms with van der Waals surface area (Å²) in [5, 5.41) is 20.1. The lowest BCUT2D eigenvalue weighted by molar-refractivity contribution is 0.627. The summed E-state index contributed by atoms with van der Waals surface area (Å²) in [7, 11) is 0. The number of rotatable bonds is 8. The van der Waals surface area contributed by atoms with E-state index in [4.69, 9.17) is 5.26 Å². The van der Waals surface area contributed by atoms with Crippen LogP contribution < -0.4 is 10.6 Å². The first-order valence-electron chi connectivity index (χ1n) is 9.40. The van der Waals surface area contributed by atoms with Crippen LogP contribution in [0.4, 0.5) is 15.8 Å². The van der Waals surface area contributed by atoms with E-state index >= 15 is 0 Å². The Morgan fingerprint density at radius 1 is 1.07 bits per heavy atom. The van der Waals surface area contributed by atoms with E-state index in [0.29, 0.717) is 24.5 Å². The van der Waals surface area contributed by atoms with E-state index in [2.05, 4.69) is 26.8 Å². The van der Waals surface area contributed by atoms with E-state index in [1.54, 1.807) is 23.1 Å². The molecule has 0 bridgehead atoms. The second kappa shape index (κ2) is 9.20. The highest BCUT2D eigenvalue weighted by Crippen LogP contribution is 2.35. The summed E-state index contributed by atoms with van der Waals surface area (Å²) in [4.78, 5) is 5.66. The number of hydrogen-bond acceptors (Lipinski definition) is 6. The first-order valence-corrected chi connectivity index (χ1v) is 10.2. The number of aromatic nitrogens is 3. The minimum atomic E-state index is -0.241. The number of nitrogens with zero attached hydrogens (tertiary/aromatic N) is 4. The maximum atomic E-state index is 13.1. The van der Waals surface area contributed by atoms with Gasteiger partial charge >= 0.3 is 0 Å². The largest absolute Gasteiger partial charge is 0.383 e. The van der Waals surface area contributed by atoms with Crippen molar-refractivity contribution in [1.82, 2.24) is 14.8 Å². The molecule has 8 heteroatoms. The van der Waals surface area contributed by atoms with E-state index in [1.165, 1.54) is 29.8 Å². The summed E-state index contributed by atoms with van der Waals surface area (Å²) >= 11 is 1.46. The van der Waals surface area contributed by atoms with Gasteiger partial charge < -0.3 is 10.6 Å². The van der Waals surface area contributed by atoms with Crippen molar-refractivity contribution in [2.75, 3.05) is 17.2 Å². The highest BCUT2D eigenvalue weighted by Gasteiger charge is 2.10. The van der Waals surface area contributed by atoms with Gasteiger partial charge in [-0.3, -0.25) is 4.68 Å². The zero-order valence-corrected chi connectivity index (χ0v) is 16.9. The highest BCUT2D eigenvalue weighted by atomic mass is 32.1. The molecule has 4 rings (SSSR count). The molecule has 0 aliphatic carbocycles. The van der Waals surface area contributed by atoms with Gasteiger partial charge in [-0.25, -0.2) is 9.37 Å². The van der Waals surface area contributed by atoms with Gasteiger partial charge in [0.25, 0.3) is 0 Å². The third-order valence-corrected chi connectivity index (χ3v) is 5.56. The minimum Gasteiger partial charge on any atom is -0.383 e. The van der Waals surface area contributed by atoms with Gasteiger partial charge in [-0.1, -0.05) is 12.1 Å². The molecule has 2 aromatic heterocycles. The van der Waals surface area contributed by atoms with Crippen LogP contribution in [-0.2, 0) is 13.1 Å². The predicted molar refractivity (Wildman–Crippen MR) is 117 cm³/mol.